The molecule has 0 radical (unpaired) electrons. The Labute approximate surface area is 115 Å². The van der Waals surface area contributed by atoms with Gasteiger partial charge >= 0.3 is 0 Å². The van der Waals surface area contributed by atoms with E-state index in [1.165, 1.54) is 4.68 Å². The van der Waals surface area contributed by atoms with Gasteiger partial charge in [0.2, 0.25) is 0 Å². The Morgan fingerprint density at radius 2 is 2.20 bits per heavy atom. The van der Waals surface area contributed by atoms with Crippen molar-refractivity contribution in [3.8, 4) is 0 Å². The lowest BCUT2D eigenvalue weighted by molar-refractivity contribution is 0.0933. The maximum absolute atomic E-state index is 12.2. The van der Waals surface area contributed by atoms with Gasteiger partial charge in [0.25, 0.3) is 5.91 Å². The first-order valence-corrected chi connectivity index (χ1v) is 6.26. The van der Waals surface area contributed by atoms with Gasteiger partial charge in [0.1, 0.15) is 5.69 Å². The summed E-state index contributed by atoms with van der Waals surface area (Å²) in [6.07, 6.45) is 0. The fourth-order valence-electron chi connectivity index (χ4n) is 2.14. The number of carbonyl (C=O) groups excluding carboxylic acids is 1. The molecular formula is C13H14N6O. The van der Waals surface area contributed by atoms with Crippen LogP contribution in [0.5, 0.6) is 0 Å². The molecule has 2 aromatic heterocycles. The fraction of sp³-hybridized carbons (Fsp3) is 0.231. The van der Waals surface area contributed by atoms with E-state index < -0.39 is 0 Å². The summed E-state index contributed by atoms with van der Waals surface area (Å²) in [6, 6.07) is 9.31. The second kappa shape index (κ2) is 4.76. The summed E-state index contributed by atoms with van der Waals surface area (Å²) >= 11 is 0. The van der Waals surface area contributed by atoms with E-state index in [-0.39, 0.29) is 11.9 Å². The number of nitrogens with zero attached hydrogens (tertiary/aromatic N) is 4. The normalized spacial score (nSPS) is 12.5. The summed E-state index contributed by atoms with van der Waals surface area (Å²) in [7, 11) is 1.74. The Bertz CT molecular complexity index is 726. The van der Waals surface area contributed by atoms with E-state index in [0.717, 1.165) is 10.9 Å². The van der Waals surface area contributed by atoms with Crippen molar-refractivity contribution < 1.29 is 4.79 Å². The van der Waals surface area contributed by atoms with E-state index in [2.05, 4.69) is 25.8 Å². The Morgan fingerprint density at radius 1 is 1.40 bits per heavy atom. The second-order valence-electron chi connectivity index (χ2n) is 4.63. The van der Waals surface area contributed by atoms with Crippen molar-refractivity contribution in [2.24, 2.45) is 7.05 Å². The van der Waals surface area contributed by atoms with Crippen LogP contribution in [0.1, 0.15) is 29.3 Å². The molecule has 2 N–H and O–H groups in total. The lowest BCUT2D eigenvalue weighted by Gasteiger charge is -2.11. The van der Waals surface area contributed by atoms with Gasteiger partial charge in [0, 0.05) is 18.0 Å². The van der Waals surface area contributed by atoms with Crippen molar-refractivity contribution in [3.63, 3.8) is 0 Å². The number of rotatable bonds is 3. The molecule has 0 saturated heterocycles. The standard InChI is InChI=1S/C13H14N6O/c1-8(12-16-17-18-19(12)2)14-13(20)11-7-9-5-3-4-6-10(9)15-11/h3-8,15H,1-2H3,(H,14,20). The quantitative estimate of drug-likeness (QED) is 0.748. The first kappa shape index (κ1) is 12.3. The molecule has 1 aromatic carbocycles. The minimum Gasteiger partial charge on any atom is -0.351 e. The summed E-state index contributed by atoms with van der Waals surface area (Å²) < 4.78 is 1.54. The first-order valence-electron chi connectivity index (χ1n) is 6.26. The lowest BCUT2D eigenvalue weighted by atomic mass is 10.2. The zero-order valence-corrected chi connectivity index (χ0v) is 11.2. The molecule has 20 heavy (non-hydrogen) atoms. The van der Waals surface area contributed by atoms with Gasteiger partial charge in [-0.15, -0.1) is 5.10 Å². The maximum atomic E-state index is 12.2. The smallest absolute Gasteiger partial charge is 0.268 e. The highest BCUT2D eigenvalue weighted by molar-refractivity contribution is 5.98. The van der Waals surface area contributed by atoms with Crippen LogP contribution in [0.3, 0.4) is 0 Å². The molecule has 0 fully saturated rings. The molecule has 0 saturated carbocycles. The van der Waals surface area contributed by atoms with Crippen LogP contribution in [0.4, 0.5) is 0 Å². The van der Waals surface area contributed by atoms with Crippen LogP contribution < -0.4 is 5.32 Å². The summed E-state index contributed by atoms with van der Waals surface area (Å²) in [5.74, 6) is 0.422. The van der Waals surface area contributed by atoms with Crippen molar-refractivity contribution in [1.82, 2.24) is 30.5 Å². The van der Waals surface area contributed by atoms with Crippen LogP contribution >= 0.6 is 0 Å². The number of hydrogen-bond acceptors (Lipinski definition) is 4. The largest absolute Gasteiger partial charge is 0.351 e. The number of para-hydroxylation sites is 1. The number of H-pyrrole nitrogens is 1. The van der Waals surface area contributed by atoms with Gasteiger partial charge in [0.15, 0.2) is 5.82 Å². The number of carbonyl (C=O) groups is 1. The Kier molecular flexibility index (Phi) is 2.94. The summed E-state index contributed by atoms with van der Waals surface area (Å²) in [4.78, 5) is 15.3. The topological polar surface area (TPSA) is 88.5 Å². The van der Waals surface area contributed by atoms with Crippen molar-refractivity contribution in [3.05, 3.63) is 41.9 Å². The van der Waals surface area contributed by atoms with Crippen LogP contribution in [0.15, 0.2) is 30.3 Å². The molecule has 3 rings (SSSR count). The van der Waals surface area contributed by atoms with Crippen molar-refractivity contribution in [1.29, 1.82) is 0 Å². The second-order valence-corrected chi connectivity index (χ2v) is 4.63. The Morgan fingerprint density at radius 3 is 2.90 bits per heavy atom. The number of aromatic nitrogens is 5. The van der Waals surface area contributed by atoms with Crippen LogP contribution in [-0.2, 0) is 7.05 Å². The molecule has 2 heterocycles. The summed E-state index contributed by atoms with van der Waals surface area (Å²) in [6.45, 7) is 1.84. The molecule has 1 amide bonds. The third-order valence-corrected chi connectivity index (χ3v) is 3.16. The maximum Gasteiger partial charge on any atom is 0.268 e. The van der Waals surface area contributed by atoms with Crippen molar-refractivity contribution in [2.75, 3.05) is 0 Å². The summed E-state index contributed by atoms with van der Waals surface area (Å²) in [5, 5.41) is 15.1. The lowest BCUT2D eigenvalue weighted by Crippen LogP contribution is -2.28. The molecule has 0 aliphatic carbocycles. The molecule has 3 aromatic rings. The average molecular weight is 270 g/mol. The van der Waals surface area contributed by atoms with Crippen LogP contribution in [0.25, 0.3) is 10.9 Å². The third kappa shape index (κ3) is 2.13. The minimum absolute atomic E-state index is 0.184. The van der Waals surface area contributed by atoms with Gasteiger partial charge in [-0.2, -0.15) is 0 Å². The van der Waals surface area contributed by atoms with E-state index in [1.807, 2.05) is 37.3 Å². The molecule has 0 spiro atoms. The number of benzene rings is 1. The number of tetrazole rings is 1. The van der Waals surface area contributed by atoms with Crippen LogP contribution in [-0.4, -0.2) is 31.1 Å². The Balaban J connectivity index is 1.81. The third-order valence-electron chi connectivity index (χ3n) is 3.16. The van der Waals surface area contributed by atoms with Crippen molar-refractivity contribution >= 4 is 16.8 Å². The predicted octanol–water partition coefficient (Wildman–Crippen LogP) is 1.18. The Hall–Kier alpha value is -2.70. The first-order chi connectivity index (χ1) is 9.65. The van der Waals surface area contributed by atoms with E-state index in [1.54, 1.807) is 7.05 Å². The number of aromatic amines is 1. The van der Waals surface area contributed by atoms with E-state index in [4.69, 9.17) is 0 Å². The number of amides is 1. The number of aryl methyl sites for hydroxylation is 1. The van der Waals surface area contributed by atoms with Gasteiger partial charge in [-0.3, -0.25) is 4.79 Å². The molecule has 7 nitrogen and oxygen atoms in total. The molecule has 1 unspecified atom stereocenters. The SMILES string of the molecule is CC(NC(=O)c1cc2ccccc2[nH]1)c1nnnn1C. The molecule has 1 atom stereocenters. The van der Waals surface area contributed by atoms with Gasteiger partial charge in [-0.1, -0.05) is 18.2 Å². The zero-order valence-electron chi connectivity index (χ0n) is 11.2. The number of hydrogen-bond donors (Lipinski definition) is 2. The highest BCUT2D eigenvalue weighted by atomic mass is 16.2. The highest BCUT2D eigenvalue weighted by Gasteiger charge is 2.17. The molecular weight excluding hydrogens is 256 g/mol. The molecule has 102 valence electrons. The highest BCUT2D eigenvalue weighted by Crippen LogP contribution is 2.15. The number of fused-ring (bicyclic) bond motifs is 1. The van der Waals surface area contributed by atoms with E-state index in [9.17, 15) is 4.79 Å². The molecule has 0 aliphatic rings. The minimum atomic E-state index is -0.270. The van der Waals surface area contributed by atoms with Gasteiger partial charge in [-0.25, -0.2) is 4.68 Å². The molecule has 0 bridgehead atoms. The average Bonchev–Trinajstić information content (AvgIpc) is 3.04. The van der Waals surface area contributed by atoms with E-state index in [0.29, 0.717) is 11.5 Å². The van der Waals surface area contributed by atoms with Crippen molar-refractivity contribution in [2.45, 2.75) is 13.0 Å². The molecule has 0 aliphatic heterocycles. The van der Waals surface area contributed by atoms with Crippen LogP contribution in [0.2, 0.25) is 0 Å². The van der Waals surface area contributed by atoms with Crippen LogP contribution in [0, 0.1) is 0 Å². The monoisotopic (exact) mass is 270 g/mol. The van der Waals surface area contributed by atoms with Gasteiger partial charge in [0.05, 0.1) is 6.04 Å². The number of nitrogens with one attached hydrogen (secondary N) is 2. The molecule has 7 heteroatoms. The van der Waals surface area contributed by atoms with E-state index >= 15 is 0 Å². The van der Waals surface area contributed by atoms with Gasteiger partial charge in [-0.05, 0) is 29.5 Å². The summed E-state index contributed by atoms with van der Waals surface area (Å²) in [5.41, 5.74) is 1.46. The zero-order chi connectivity index (χ0) is 14.1. The van der Waals surface area contributed by atoms with Gasteiger partial charge < -0.3 is 10.3 Å². The predicted molar refractivity (Wildman–Crippen MR) is 73.0 cm³/mol. The fourth-order valence-corrected chi connectivity index (χ4v) is 2.14.